The van der Waals surface area contributed by atoms with E-state index in [0.29, 0.717) is 0 Å². The van der Waals surface area contributed by atoms with E-state index >= 15 is 0 Å². The monoisotopic (exact) mass is 228 g/mol. The fourth-order valence-corrected chi connectivity index (χ4v) is 1.95. The minimum absolute atomic E-state index is 0.224. The number of aliphatic hydroxyl groups is 2. The molecule has 0 aromatic rings. The number of unbranched alkanes of at least 4 members (excludes halogenated alkanes) is 4. The van der Waals surface area contributed by atoms with Gasteiger partial charge in [0.05, 0.1) is 6.10 Å². The smallest absolute Gasteiger partial charge is 0.0602 e. The van der Waals surface area contributed by atoms with E-state index in [-0.39, 0.29) is 18.6 Å². The SMILES string of the molecule is C=C[C@H](CCCCCC)[C@@H](O)CCCCO. The summed E-state index contributed by atoms with van der Waals surface area (Å²) in [5, 5.41) is 18.6. The van der Waals surface area contributed by atoms with E-state index < -0.39 is 0 Å². The molecule has 96 valence electrons. The lowest BCUT2D eigenvalue weighted by molar-refractivity contribution is 0.110. The van der Waals surface area contributed by atoms with Crippen LogP contribution in [-0.4, -0.2) is 22.9 Å². The molecule has 0 fully saturated rings. The molecule has 0 bridgehead atoms. The van der Waals surface area contributed by atoms with Crippen LogP contribution >= 0.6 is 0 Å². The first-order valence-corrected chi connectivity index (χ1v) is 6.67. The highest BCUT2D eigenvalue weighted by Crippen LogP contribution is 2.19. The van der Waals surface area contributed by atoms with Crippen molar-refractivity contribution in [2.75, 3.05) is 6.61 Å². The summed E-state index contributed by atoms with van der Waals surface area (Å²) in [6.07, 6.45) is 10.1. The number of aliphatic hydroxyl groups excluding tert-OH is 2. The van der Waals surface area contributed by atoms with Gasteiger partial charge in [-0.05, 0) is 25.7 Å². The zero-order valence-corrected chi connectivity index (χ0v) is 10.7. The molecule has 0 aromatic heterocycles. The quantitative estimate of drug-likeness (QED) is 0.421. The second-order valence-electron chi connectivity index (χ2n) is 4.54. The minimum atomic E-state index is -0.273. The van der Waals surface area contributed by atoms with Gasteiger partial charge in [0, 0.05) is 12.5 Å². The van der Waals surface area contributed by atoms with E-state index in [4.69, 9.17) is 5.11 Å². The van der Waals surface area contributed by atoms with Crippen LogP contribution in [0.5, 0.6) is 0 Å². The molecule has 2 nitrogen and oxygen atoms in total. The van der Waals surface area contributed by atoms with Gasteiger partial charge in [0.2, 0.25) is 0 Å². The highest BCUT2D eigenvalue weighted by molar-refractivity contribution is 4.84. The van der Waals surface area contributed by atoms with Crippen molar-refractivity contribution in [1.82, 2.24) is 0 Å². The highest BCUT2D eigenvalue weighted by Gasteiger charge is 2.14. The highest BCUT2D eigenvalue weighted by atomic mass is 16.3. The summed E-state index contributed by atoms with van der Waals surface area (Å²) in [6, 6.07) is 0. The van der Waals surface area contributed by atoms with Gasteiger partial charge in [-0.2, -0.15) is 0 Å². The molecule has 2 heteroatoms. The third kappa shape index (κ3) is 7.89. The maximum atomic E-state index is 9.94. The molecule has 16 heavy (non-hydrogen) atoms. The molecule has 0 aromatic carbocycles. The van der Waals surface area contributed by atoms with Crippen molar-refractivity contribution in [2.45, 2.75) is 64.4 Å². The Morgan fingerprint density at radius 1 is 1.06 bits per heavy atom. The summed E-state index contributed by atoms with van der Waals surface area (Å²) >= 11 is 0. The Hall–Kier alpha value is -0.340. The van der Waals surface area contributed by atoms with Crippen molar-refractivity contribution in [1.29, 1.82) is 0 Å². The summed E-state index contributed by atoms with van der Waals surface area (Å²) in [6.45, 7) is 6.23. The van der Waals surface area contributed by atoms with Gasteiger partial charge in [0.15, 0.2) is 0 Å². The minimum Gasteiger partial charge on any atom is -0.396 e. The Balaban J connectivity index is 3.65. The van der Waals surface area contributed by atoms with Crippen molar-refractivity contribution < 1.29 is 10.2 Å². The van der Waals surface area contributed by atoms with Gasteiger partial charge >= 0.3 is 0 Å². The summed E-state index contributed by atoms with van der Waals surface area (Å²) in [7, 11) is 0. The van der Waals surface area contributed by atoms with Crippen LogP contribution in [0.4, 0.5) is 0 Å². The maximum absolute atomic E-state index is 9.94. The molecule has 2 atom stereocenters. The van der Waals surface area contributed by atoms with E-state index in [9.17, 15) is 5.11 Å². The predicted molar refractivity (Wildman–Crippen MR) is 69.4 cm³/mol. The molecular formula is C14H28O2. The molecule has 0 saturated carbocycles. The Morgan fingerprint density at radius 3 is 2.31 bits per heavy atom. The van der Waals surface area contributed by atoms with Crippen LogP contribution in [0, 0.1) is 5.92 Å². The maximum Gasteiger partial charge on any atom is 0.0602 e. The van der Waals surface area contributed by atoms with E-state index in [1.807, 2.05) is 6.08 Å². The van der Waals surface area contributed by atoms with E-state index in [0.717, 1.165) is 25.7 Å². The molecule has 0 aliphatic heterocycles. The molecule has 0 aliphatic rings. The molecule has 0 aliphatic carbocycles. The third-order valence-electron chi connectivity index (χ3n) is 3.10. The average Bonchev–Trinajstić information content (AvgIpc) is 2.29. The average molecular weight is 228 g/mol. The first-order valence-electron chi connectivity index (χ1n) is 6.67. The van der Waals surface area contributed by atoms with Gasteiger partial charge in [0.1, 0.15) is 0 Å². The molecule has 2 N–H and O–H groups in total. The molecule has 0 spiro atoms. The Bertz CT molecular complexity index is 157. The van der Waals surface area contributed by atoms with Gasteiger partial charge in [-0.3, -0.25) is 0 Å². The van der Waals surface area contributed by atoms with Crippen LogP contribution in [0.3, 0.4) is 0 Å². The van der Waals surface area contributed by atoms with Crippen molar-refractivity contribution in [3.05, 3.63) is 12.7 Å². The first-order chi connectivity index (χ1) is 7.76. The van der Waals surface area contributed by atoms with Crippen LogP contribution in [0.25, 0.3) is 0 Å². The normalized spacial score (nSPS) is 14.7. The molecular weight excluding hydrogens is 200 g/mol. The zero-order valence-electron chi connectivity index (χ0n) is 10.7. The van der Waals surface area contributed by atoms with E-state index in [1.54, 1.807) is 0 Å². The van der Waals surface area contributed by atoms with E-state index in [1.165, 1.54) is 25.7 Å². The molecule has 0 heterocycles. The van der Waals surface area contributed by atoms with Crippen molar-refractivity contribution in [3.8, 4) is 0 Å². The van der Waals surface area contributed by atoms with Crippen LogP contribution in [0.2, 0.25) is 0 Å². The topological polar surface area (TPSA) is 40.5 Å². The number of hydrogen-bond acceptors (Lipinski definition) is 2. The molecule has 0 radical (unpaired) electrons. The molecule has 0 saturated heterocycles. The van der Waals surface area contributed by atoms with Crippen LogP contribution in [-0.2, 0) is 0 Å². The Morgan fingerprint density at radius 2 is 1.75 bits per heavy atom. The third-order valence-corrected chi connectivity index (χ3v) is 3.10. The Kier molecular flexibility index (Phi) is 10.9. The van der Waals surface area contributed by atoms with Gasteiger partial charge in [0.25, 0.3) is 0 Å². The van der Waals surface area contributed by atoms with Crippen LogP contribution in [0.1, 0.15) is 58.3 Å². The largest absolute Gasteiger partial charge is 0.396 e. The number of hydrogen-bond donors (Lipinski definition) is 2. The van der Waals surface area contributed by atoms with Crippen molar-refractivity contribution in [2.24, 2.45) is 5.92 Å². The summed E-state index contributed by atoms with van der Waals surface area (Å²) < 4.78 is 0. The molecule has 0 amide bonds. The summed E-state index contributed by atoms with van der Waals surface area (Å²) in [5.74, 6) is 0.232. The van der Waals surface area contributed by atoms with E-state index in [2.05, 4.69) is 13.5 Å². The standard InChI is InChI=1S/C14H28O2/c1-3-5-6-7-10-13(4-2)14(16)11-8-9-12-15/h4,13-16H,2-3,5-12H2,1H3/t13-,14+/m1/s1. The fourth-order valence-electron chi connectivity index (χ4n) is 1.95. The second-order valence-corrected chi connectivity index (χ2v) is 4.54. The predicted octanol–water partition coefficient (Wildman–Crippen LogP) is 3.28. The summed E-state index contributed by atoms with van der Waals surface area (Å²) in [5.41, 5.74) is 0. The number of rotatable bonds is 11. The lowest BCUT2D eigenvalue weighted by Gasteiger charge is -2.19. The second kappa shape index (κ2) is 11.2. The Labute approximate surface area is 100 Å². The van der Waals surface area contributed by atoms with Crippen LogP contribution < -0.4 is 0 Å². The van der Waals surface area contributed by atoms with Crippen molar-refractivity contribution >= 4 is 0 Å². The zero-order chi connectivity index (χ0) is 12.2. The lowest BCUT2D eigenvalue weighted by Crippen LogP contribution is -2.18. The van der Waals surface area contributed by atoms with Gasteiger partial charge < -0.3 is 10.2 Å². The fraction of sp³-hybridized carbons (Fsp3) is 0.857. The first kappa shape index (κ1) is 15.7. The summed E-state index contributed by atoms with van der Waals surface area (Å²) in [4.78, 5) is 0. The van der Waals surface area contributed by atoms with Gasteiger partial charge in [-0.1, -0.05) is 38.7 Å². The van der Waals surface area contributed by atoms with Crippen molar-refractivity contribution in [3.63, 3.8) is 0 Å². The van der Waals surface area contributed by atoms with Gasteiger partial charge in [-0.25, -0.2) is 0 Å². The van der Waals surface area contributed by atoms with Gasteiger partial charge in [-0.15, -0.1) is 6.58 Å². The van der Waals surface area contributed by atoms with Crippen LogP contribution in [0.15, 0.2) is 12.7 Å². The lowest BCUT2D eigenvalue weighted by atomic mass is 9.92. The molecule has 0 unspecified atom stereocenters. The molecule has 0 rings (SSSR count).